The number of hydrogen-bond donors (Lipinski definition) is 2. The number of carboxylic acids is 1. The van der Waals surface area contributed by atoms with Crippen molar-refractivity contribution < 1.29 is 19.1 Å². The maximum Gasteiger partial charge on any atom is 0.335 e. The van der Waals surface area contributed by atoms with Crippen LogP contribution in [0, 0.1) is 5.92 Å². The van der Waals surface area contributed by atoms with Crippen molar-refractivity contribution >= 4 is 33.8 Å². The van der Waals surface area contributed by atoms with Crippen molar-refractivity contribution in [3.8, 4) is 11.5 Å². The molecule has 1 amide bonds. The monoisotopic (exact) mass is 489 g/mol. The maximum absolute atomic E-state index is 13.1. The predicted molar refractivity (Wildman–Crippen MR) is 135 cm³/mol. The quantitative estimate of drug-likeness (QED) is 0.413. The second-order valence-electron chi connectivity index (χ2n) is 10.1. The highest BCUT2D eigenvalue weighted by atomic mass is 19.1. The van der Waals surface area contributed by atoms with Gasteiger partial charge in [0.1, 0.15) is 6.67 Å². The van der Waals surface area contributed by atoms with Gasteiger partial charge in [-0.15, -0.1) is 0 Å². The maximum atomic E-state index is 13.1. The number of carbonyl (C=O) groups is 2. The summed E-state index contributed by atoms with van der Waals surface area (Å²) in [6, 6.07) is 10.5. The molecule has 1 saturated carbocycles. The molecule has 2 aromatic heterocycles. The van der Waals surface area contributed by atoms with E-state index in [9.17, 15) is 19.1 Å². The van der Waals surface area contributed by atoms with E-state index >= 15 is 0 Å². The number of alkyl halides is 1. The van der Waals surface area contributed by atoms with Crippen molar-refractivity contribution in [2.24, 2.45) is 18.7 Å². The lowest BCUT2D eigenvalue weighted by Crippen LogP contribution is -2.45. The fraction of sp³-hybridized carbons (Fsp3) is 0.370. The highest BCUT2D eigenvalue weighted by molar-refractivity contribution is 6.01. The Bertz CT molecular complexity index is 1530. The number of nitrogens with zero attached hydrogens (tertiary/aromatic N) is 4. The molecule has 3 N–H and O–H groups in total. The van der Waals surface area contributed by atoms with Gasteiger partial charge in [-0.05, 0) is 61.1 Å². The number of fused-ring (bicyclic) bond motifs is 3. The average Bonchev–Trinajstić information content (AvgIpc) is 3.55. The molecule has 1 atom stereocenters. The average molecular weight is 490 g/mol. The summed E-state index contributed by atoms with van der Waals surface area (Å²) in [4.78, 5) is 31.3. The third kappa shape index (κ3) is 3.74. The molecule has 2 aliphatic rings. The molecule has 0 bridgehead atoms. The first-order valence-electron chi connectivity index (χ1n) is 12.3. The first-order valence-corrected chi connectivity index (χ1v) is 12.3. The van der Waals surface area contributed by atoms with E-state index in [0.717, 1.165) is 52.9 Å². The van der Waals surface area contributed by atoms with Crippen molar-refractivity contribution in [3.63, 3.8) is 0 Å². The summed E-state index contributed by atoms with van der Waals surface area (Å²) in [6.07, 6.45) is 3.01. The van der Waals surface area contributed by atoms with E-state index in [2.05, 4.69) is 10.6 Å². The number of rotatable bonds is 7. The fourth-order valence-corrected chi connectivity index (χ4v) is 5.28. The van der Waals surface area contributed by atoms with E-state index in [-0.39, 0.29) is 18.0 Å². The molecule has 1 aliphatic heterocycles. The van der Waals surface area contributed by atoms with Gasteiger partial charge in [-0.3, -0.25) is 4.79 Å². The summed E-state index contributed by atoms with van der Waals surface area (Å²) in [7, 11) is 1.97. The van der Waals surface area contributed by atoms with E-state index < -0.39 is 18.7 Å². The van der Waals surface area contributed by atoms with Gasteiger partial charge in [-0.1, -0.05) is 6.07 Å². The number of carbonyl (C=O) groups excluding carboxylic acids is 1. The zero-order chi connectivity index (χ0) is 25.1. The van der Waals surface area contributed by atoms with Gasteiger partial charge in [0.05, 0.1) is 28.3 Å². The number of hydrogen-bond acceptors (Lipinski definition) is 4. The summed E-state index contributed by atoms with van der Waals surface area (Å²) in [5.74, 6) is 0.259. The third-order valence-electron chi connectivity index (χ3n) is 7.45. The minimum atomic E-state index is -0.947. The molecular weight excluding hydrogens is 461 g/mol. The van der Waals surface area contributed by atoms with Crippen LogP contribution in [0.25, 0.3) is 33.5 Å². The van der Waals surface area contributed by atoms with Crippen LogP contribution >= 0.6 is 0 Å². The topological polar surface area (TPSA) is 106 Å². The smallest absolute Gasteiger partial charge is 0.335 e. The minimum absolute atomic E-state index is 0.140. The lowest BCUT2D eigenvalue weighted by atomic mass is 9.97. The number of benzene rings is 2. The second kappa shape index (κ2) is 8.44. The van der Waals surface area contributed by atoms with Gasteiger partial charge in [-0.25, -0.2) is 14.2 Å². The number of aromatic carboxylic acids is 1. The van der Waals surface area contributed by atoms with E-state index in [0.29, 0.717) is 30.0 Å². The predicted octanol–water partition coefficient (Wildman–Crippen LogP) is 3.60. The Morgan fingerprint density at radius 3 is 2.75 bits per heavy atom. The summed E-state index contributed by atoms with van der Waals surface area (Å²) in [5.41, 5.74) is 11.0. The fourth-order valence-electron chi connectivity index (χ4n) is 5.28. The van der Waals surface area contributed by atoms with Crippen LogP contribution in [0.3, 0.4) is 0 Å². The Labute approximate surface area is 207 Å². The van der Waals surface area contributed by atoms with Gasteiger partial charge in [-0.2, -0.15) is 0 Å². The van der Waals surface area contributed by atoms with E-state index in [1.54, 1.807) is 17.0 Å². The Balaban J connectivity index is 1.46. The van der Waals surface area contributed by atoms with Crippen LogP contribution in [0.15, 0.2) is 36.4 Å². The zero-order valence-corrected chi connectivity index (χ0v) is 20.1. The molecule has 4 aromatic rings. The van der Waals surface area contributed by atoms with Gasteiger partial charge in [0, 0.05) is 43.1 Å². The number of aromatic nitrogens is 3. The molecule has 2 aromatic carbocycles. The van der Waals surface area contributed by atoms with Crippen LogP contribution in [-0.2, 0) is 20.0 Å². The molecule has 9 heteroatoms. The first kappa shape index (κ1) is 22.7. The van der Waals surface area contributed by atoms with Gasteiger partial charge < -0.3 is 24.9 Å². The van der Waals surface area contributed by atoms with Gasteiger partial charge in [0.15, 0.2) is 5.82 Å². The lowest BCUT2D eigenvalue weighted by Gasteiger charge is -2.30. The van der Waals surface area contributed by atoms with Crippen molar-refractivity contribution in [2.45, 2.75) is 31.8 Å². The number of amides is 1. The van der Waals surface area contributed by atoms with Crippen LogP contribution < -0.4 is 5.73 Å². The first-order chi connectivity index (χ1) is 17.3. The Hall–Kier alpha value is -3.72. The van der Waals surface area contributed by atoms with Gasteiger partial charge >= 0.3 is 5.97 Å². The number of halogens is 1. The Morgan fingerprint density at radius 1 is 1.22 bits per heavy atom. The van der Waals surface area contributed by atoms with Gasteiger partial charge in [0.25, 0.3) is 5.91 Å². The van der Waals surface area contributed by atoms with E-state index in [1.807, 2.05) is 29.8 Å². The Kier molecular flexibility index (Phi) is 5.33. The summed E-state index contributed by atoms with van der Waals surface area (Å²) in [6.45, 7) is 0.850. The van der Waals surface area contributed by atoms with Crippen LogP contribution in [0.4, 0.5) is 4.39 Å². The van der Waals surface area contributed by atoms with E-state index in [1.165, 1.54) is 0 Å². The second-order valence-corrected chi connectivity index (χ2v) is 10.1. The molecule has 0 radical (unpaired) electrons. The minimum Gasteiger partial charge on any atom is -0.478 e. The van der Waals surface area contributed by atoms with Crippen molar-refractivity contribution in [1.29, 1.82) is 0 Å². The third-order valence-corrected chi connectivity index (χ3v) is 7.45. The van der Waals surface area contributed by atoms with Crippen LogP contribution in [0.2, 0.25) is 0 Å². The lowest BCUT2D eigenvalue weighted by molar-refractivity contribution is 0.0694. The SMILES string of the molecule is Cn1c(-c2cc3ccc(C(=O)O)cc3n2CC2CC2)nc2cc3c(cc21)CCN(CC(N)CF)C3=O. The highest BCUT2D eigenvalue weighted by Crippen LogP contribution is 2.37. The summed E-state index contributed by atoms with van der Waals surface area (Å²) < 4.78 is 17.2. The molecular formula is C27H28FN5O3. The molecule has 1 aliphatic carbocycles. The molecule has 6 rings (SSSR count). The largest absolute Gasteiger partial charge is 0.478 e. The van der Waals surface area contributed by atoms with Gasteiger partial charge in [0.2, 0.25) is 0 Å². The molecule has 36 heavy (non-hydrogen) atoms. The molecule has 186 valence electrons. The Morgan fingerprint density at radius 2 is 2.03 bits per heavy atom. The molecule has 0 spiro atoms. The number of carboxylic acid groups (broad SMARTS) is 1. The highest BCUT2D eigenvalue weighted by Gasteiger charge is 2.29. The molecule has 1 fully saturated rings. The molecule has 1 unspecified atom stereocenters. The molecule has 8 nitrogen and oxygen atoms in total. The summed E-state index contributed by atoms with van der Waals surface area (Å²) in [5, 5.41) is 10.5. The van der Waals surface area contributed by atoms with E-state index in [4.69, 9.17) is 10.7 Å². The van der Waals surface area contributed by atoms with Crippen LogP contribution in [0.5, 0.6) is 0 Å². The normalized spacial score (nSPS) is 16.6. The molecule has 3 heterocycles. The zero-order valence-electron chi connectivity index (χ0n) is 20.1. The number of aryl methyl sites for hydroxylation is 1. The van der Waals surface area contributed by atoms with Crippen molar-refractivity contribution in [3.05, 3.63) is 53.1 Å². The van der Waals surface area contributed by atoms with Crippen LogP contribution in [0.1, 0.15) is 39.1 Å². The molecule has 0 saturated heterocycles. The van der Waals surface area contributed by atoms with Crippen molar-refractivity contribution in [2.75, 3.05) is 19.8 Å². The van der Waals surface area contributed by atoms with Crippen molar-refractivity contribution in [1.82, 2.24) is 19.0 Å². The summed E-state index contributed by atoms with van der Waals surface area (Å²) >= 11 is 0. The standard InChI is InChI=1S/C27H28FN5O3/c1-31-23-8-16-6-7-32(14-19(29)12-28)26(34)20(16)11-21(23)30-25(31)24-9-17-4-5-18(27(35)36)10-22(17)33(24)13-15-2-3-15/h4-5,8-11,15,19H,2-3,6-7,12-14,29H2,1H3,(H,35,36). The van der Waals surface area contributed by atoms with Crippen LogP contribution in [-0.4, -0.2) is 61.8 Å². The number of imidazole rings is 1. The number of nitrogens with two attached hydrogens (primary N) is 1.